The van der Waals surface area contributed by atoms with Crippen LogP contribution in [0.1, 0.15) is 66.2 Å². The molecule has 2 aliphatic rings. The highest BCUT2D eigenvalue weighted by Crippen LogP contribution is 2.35. The molecule has 13 nitrogen and oxygen atoms in total. The summed E-state index contributed by atoms with van der Waals surface area (Å²) in [6.45, 7) is 9.13. The second-order valence-electron chi connectivity index (χ2n) is 16.6. The summed E-state index contributed by atoms with van der Waals surface area (Å²) in [5.74, 6) is 1.35. The number of sulfone groups is 2. The van der Waals surface area contributed by atoms with E-state index < -0.39 is 19.7 Å². The number of piperidine rings is 2. The number of likely N-dealkylation sites (tertiary alicyclic amines) is 1. The highest BCUT2D eigenvalue weighted by atomic mass is 35.5. The Balaban J connectivity index is 0.000000203. The van der Waals surface area contributed by atoms with Crippen LogP contribution in [0.3, 0.4) is 0 Å². The molecule has 3 N–H and O–H groups in total. The lowest BCUT2D eigenvalue weighted by atomic mass is 10.1. The Kier molecular flexibility index (Phi) is 17.8. The number of aldehydes is 1. The van der Waals surface area contributed by atoms with Crippen LogP contribution >= 0.6 is 12.4 Å². The summed E-state index contributed by atoms with van der Waals surface area (Å²) in [7, 11) is -7.58. The Labute approximate surface area is 405 Å². The van der Waals surface area contributed by atoms with Gasteiger partial charge in [0.25, 0.3) is 0 Å². The number of halogens is 1. The minimum Gasteiger partial charge on any atom is -0.490 e. The number of nitrogens with zero attached hydrogens (tertiary/aromatic N) is 3. The number of carbonyl (C=O) groups excluding carboxylic acids is 1. The van der Waals surface area contributed by atoms with Crippen LogP contribution < -0.4 is 14.8 Å². The molecule has 0 radical (unpaired) electrons. The van der Waals surface area contributed by atoms with Crippen molar-refractivity contribution in [3.63, 3.8) is 0 Å². The molecular weight excluding hydrogens is 920 g/mol. The molecule has 4 heterocycles. The van der Waals surface area contributed by atoms with Crippen molar-refractivity contribution >= 4 is 81.7 Å². The molecule has 360 valence electrons. The van der Waals surface area contributed by atoms with Crippen LogP contribution in [-0.4, -0.2) is 93.3 Å². The van der Waals surface area contributed by atoms with Crippen LogP contribution in [0.4, 0.5) is 0 Å². The van der Waals surface area contributed by atoms with E-state index in [4.69, 9.17) is 9.47 Å². The van der Waals surface area contributed by atoms with Gasteiger partial charge in [-0.25, -0.2) is 16.8 Å². The second kappa shape index (κ2) is 23.4. The molecule has 2 aromatic heterocycles. The topological polar surface area (TPSA) is 176 Å². The average Bonchev–Trinajstić information content (AvgIpc) is 3.99. The Morgan fingerprint density at radius 2 is 1.06 bits per heavy atom. The normalized spacial score (nSPS) is 14.8. The molecule has 10 rings (SSSR count). The van der Waals surface area contributed by atoms with Gasteiger partial charge >= 0.3 is 0 Å². The minimum atomic E-state index is -3.80. The maximum Gasteiger partial charge on any atom is 0.224 e. The van der Waals surface area contributed by atoms with Gasteiger partial charge in [0.1, 0.15) is 30.0 Å². The number of aromatic amines is 2. The zero-order chi connectivity index (χ0) is 46.1. The van der Waals surface area contributed by atoms with Crippen molar-refractivity contribution in [2.45, 2.75) is 98.3 Å². The van der Waals surface area contributed by atoms with Gasteiger partial charge in [-0.15, -0.1) is 12.4 Å². The Bertz CT molecular complexity index is 3150. The number of carbonyl (C=O) groups is 1. The number of unbranched alkanes of at least 4 members (excludes halogenated alkanes) is 1. The molecule has 6 aromatic carbocycles. The van der Waals surface area contributed by atoms with Gasteiger partial charge in [-0.05, 0) is 111 Å². The Morgan fingerprint density at radius 1 is 0.618 bits per heavy atom. The number of rotatable bonds is 12. The van der Waals surface area contributed by atoms with E-state index in [2.05, 4.69) is 37.5 Å². The second-order valence-corrected chi connectivity index (χ2v) is 20.3. The van der Waals surface area contributed by atoms with Gasteiger partial charge in [0.15, 0.2) is 10.1 Å². The molecule has 0 unspecified atom stereocenters. The number of benzene rings is 6. The van der Waals surface area contributed by atoms with Crippen LogP contribution in [0.5, 0.6) is 11.5 Å². The predicted molar refractivity (Wildman–Crippen MR) is 273 cm³/mol. The van der Waals surface area contributed by atoms with E-state index >= 15 is 0 Å². The Morgan fingerprint density at radius 3 is 1.51 bits per heavy atom. The molecule has 0 aliphatic carbocycles. The zero-order valence-corrected chi connectivity index (χ0v) is 40.1. The molecule has 0 spiro atoms. The van der Waals surface area contributed by atoms with E-state index in [0.29, 0.717) is 50.5 Å². The minimum absolute atomic E-state index is 0. The predicted octanol–water partition coefficient (Wildman–Crippen LogP) is 10.5. The molecule has 0 bridgehead atoms. The van der Waals surface area contributed by atoms with E-state index in [1.807, 2.05) is 85.8 Å². The van der Waals surface area contributed by atoms with Gasteiger partial charge in [-0.3, -0.25) is 10.2 Å². The molecule has 0 saturated carbocycles. The van der Waals surface area contributed by atoms with Gasteiger partial charge in [-0.2, -0.15) is 10.2 Å². The lowest BCUT2D eigenvalue weighted by Gasteiger charge is -2.32. The van der Waals surface area contributed by atoms with Gasteiger partial charge < -0.3 is 24.5 Å². The molecule has 2 saturated heterocycles. The third-order valence-corrected chi connectivity index (χ3v) is 15.6. The summed E-state index contributed by atoms with van der Waals surface area (Å²) in [4.78, 5) is 12.2. The summed E-state index contributed by atoms with van der Waals surface area (Å²) in [6, 6.07) is 36.6. The first-order valence-corrected chi connectivity index (χ1v) is 25.7. The Hall–Kier alpha value is -5.84. The quantitative estimate of drug-likeness (QED) is 0.0993. The van der Waals surface area contributed by atoms with Gasteiger partial charge in [0, 0.05) is 41.1 Å². The van der Waals surface area contributed by atoms with Crippen molar-refractivity contribution in [2.75, 3.05) is 32.7 Å². The monoisotopic (exact) mass is 980 g/mol. The first kappa shape index (κ1) is 51.5. The molecular formula is C52H61ClN6O7S2. The highest BCUT2D eigenvalue weighted by molar-refractivity contribution is 7.92. The first-order chi connectivity index (χ1) is 32.1. The largest absolute Gasteiger partial charge is 0.490 e. The summed E-state index contributed by atoms with van der Waals surface area (Å²) < 4.78 is 66.6. The summed E-state index contributed by atoms with van der Waals surface area (Å²) in [6.07, 6.45) is 8.07. The molecule has 68 heavy (non-hydrogen) atoms. The van der Waals surface area contributed by atoms with Crippen LogP contribution in [-0.2, 0) is 24.5 Å². The SMILES string of the molecule is C.CCC=O.CCCCN1CCC(Oc2ccc3n[nH]c(S(=O)(=O)c4cccc5ccccc45)c3c2)CC1.Cl.O=S(=O)(c1cccc2ccccc12)c1[nH]nc2ccc(OC3CCNCC3)cc12. The molecule has 0 amide bonds. The average molecular weight is 982 g/mol. The number of nitrogens with one attached hydrogen (secondary N) is 3. The van der Waals surface area contributed by atoms with Gasteiger partial charge in [-0.1, -0.05) is 100 Å². The van der Waals surface area contributed by atoms with E-state index in [0.717, 1.165) is 75.5 Å². The van der Waals surface area contributed by atoms with Crippen LogP contribution in [0.25, 0.3) is 43.4 Å². The van der Waals surface area contributed by atoms with Crippen molar-refractivity contribution in [1.29, 1.82) is 0 Å². The molecule has 2 aliphatic heterocycles. The fraction of sp³-hybridized carbons (Fsp3) is 0.327. The number of fused-ring (bicyclic) bond motifs is 4. The van der Waals surface area contributed by atoms with Crippen molar-refractivity contribution in [3.05, 3.63) is 121 Å². The van der Waals surface area contributed by atoms with E-state index in [1.54, 1.807) is 42.5 Å². The fourth-order valence-electron chi connectivity index (χ4n) is 8.50. The zero-order valence-electron chi connectivity index (χ0n) is 37.7. The van der Waals surface area contributed by atoms with E-state index in [-0.39, 0.29) is 51.9 Å². The van der Waals surface area contributed by atoms with Crippen molar-refractivity contribution in [1.82, 2.24) is 30.6 Å². The summed E-state index contributed by atoms with van der Waals surface area (Å²) in [5.41, 5.74) is 1.21. The number of aromatic nitrogens is 4. The highest BCUT2D eigenvalue weighted by Gasteiger charge is 2.28. The third kappa shape index (κ3) is 11.5. The van der Waals surface area contributed by atoms with Crippen molar-refractivity contribution in [2.24, 2.45) is 0 Å². The molecule has 16 heteroatoms. The lowest BCUT2D eigenvalue weighted by Crippen LogP contribution is -2.38. The molecule has 0 atom stereocenters. The van der Waals surface area contributed by atoms with Crippen LogP contribution in [0, 0.1) is 0 Å². The first-order valence-electron chi connectivity index (χ1n) is 22.7. The molecule has 8 aromatic rings. The summed E-state index contributed by atoms with van der Waals surface area (Å²) >= 11 is 0. The number of ether oxygens (including phenoxy) is 2. The van der Waals surface area contributed by atoms with Crippen LogP contribution in [0.2, 0.25) is 0 Å². The van der Waals surface area contributed by atoms with Gasteiger partial charge in [0.2, 0.25) is 19.7 Å². The number of hydrogen-bond acceptors (Lipinski definition) is 11. The smallest absolute Gasteiger partial charge is 0.224 e. The third-order valence-electron chi connectivity index (χ3n) is 12.0. The maximum atomic E-state index is 13.6. The standard InChI is InChI=1S/C26H29N3O3S.C22H21N3O3S.C3H6O.CH4.ClH/c1-2-3-15-29-16-13-20(14-17-29)32-21-11-12-24-23(18-21)26(28-27-24)33(30,31)25-10-6-8-19-7-4-5-9-22(19)25;26-29(27,21-7-3-5-15-4-1-2-6-18(15)21)22-19-14-17(8-9-20(19)24-25-22)28-16-10-12-23-13-11-16;1-2-3-4;;/h4-12,18,20H,2-3,13-17H2,1H3,(H,27,28);1-9,14,16,23H,10-13H2,(H,24,25);3H,2H2,1H3;1H4;1H. The van der Waals surface area contributed by atoms with Gasteiger partial charge in [0.05, 0.1) is 20.8 Å². The van der Waals surface area contributed by atoms with E-state index in [1.165, 1.54) is 12.8 Å². The van der Waals surface area contributed by atoms with Crippen molar-refractivity contribution in [3.8, 4) is 11.5 Å². The number of H-pyrrole nitrogens is 2. The van der Waals surface area contributed by atoms with Crippen LogP contribution in [0.15, 0.2) is 141 Å². The van der Waals surface area contributed by atoms with Crippen molar-refractivity contribution < 1.29 is 31.1 Å². The summed E-state index contributed by atoms with van der Waals surface area (Å²) in [5, 5.41) is 21.8. The molecule has 2 fully saturated rings. The fourth-order valence-corrected chi connectivity index (χ4v) is 11.6. The van der Waals surface area contributed by atoms with E-state index in [9.17, 15) is 21.6 Å². The lowest BCUT2D eigenvalue weighted by molar-refractivity contribution is -0.107. The number of hydrogen-bond donors (Lipinski definition) is 3. The maximum absolute atomic E-state index is 13.6.